The summed E-state index contributed by atoms with van der Waals surface area (Å²) in [5.74, 6) is -0.529. The predicted molar refractivity (Wildman–Crippen MR) is 78.4 cm³/mol. The standard InChI is InChI=1S/C13H18N6O3/c1-5-18-9(3)10(7-15-18)6-14-13(20)12-11(19(21)22)8(2)16-17(12)4/h7H,5-6H2,1-4H3,(H,14,20). The summed E-state index contributed by atoms with van der Waals surface area (Å²) < 4.78 is 3.04. The highest BCUT2D eigenvalue weighted by Crippen LogP contribution is 2.22. The number of rotatable bonds is 5. The zero-order chi connectivity index (χ0) is 16.4. The topological polar surface area (TPSA) is 108 Å². The molecule has 2 aromatic heterocycles. The fourth-order valence-electron chi connectivity index (χ4n) is 2.36. The molecule has 0 bridgehead atoms. The summed E-state index contributed by atoms with van der Waals surface area (Å²) in [4.78, 5) is 22.8. The number of nitro groups is 1. The minimum atomic E-state index is -0.586. The smallest absolute Gasteiger partial charge is 0.322 e. The Bertz CT molecular complexity index is 730. The molecule has 0 aromatic carbocycles. The third kappa shape index (κ3) is 2.69. The van der Waals surface area contributed by atoms with Crippen molar-refractivity contribution in [2.45, 2.75) is 33.9 Å². The van der Waals surface area contributed by atoms with Crippen molar-refractivity contribution in [2.75, 3.05) is 0 Å². The van der Waals surface area contributed by atoms with Gasteiger partial charge in [0.15, 0.2) is 0 Å². The molecule has 0 fully saturated rings. The average molecular weight is 306 g/mol. The second kappa shape index (κ2) is 5.96. The van der Waals surface area contributed by atoms with E-state index in [9.17, 15) is 14.9 Å². The Hall–Kier alpha value is -2.71. The maximum absolute atomic E-state index is 12.3. The second-order valence-electron chi connectivity index (χ2n) is 4.92. The lowest BCUT2D eigenvalue weighted by molar-refractivity contribution is -0.385. The van der Waals surface area contributed by atoms with Crippen LogP contribution >= 0.6 is 0 Å². The van der Waals surface area contributed by atoms with E-state index in [1.54, 1.807) is 6.20 Å². The molecule has 1 amide bonds. The number of amides is 1. The van der Waals surface area contributed by atoms with Crippen molar-refractivity contribution in [3.05, 3.63) is 39.0 Å². The van der Waals surface area contributed by atoms with E-state index in [1.165, 1.54) is 18.7 Å². The molecule has 0 radical (unpaired) electrons. The van der Waals surface area contributed by atoms with Crippen LogP contribution in [0.1, 0.15) is 34.4 Å². The zero-order valence-corrected chi connectivity index (χ0v) is 13.0. The van der Waals surface area contributed by atoms with Crippen LogP contribution in [-0.4, -0.2) is 30.4 Å². The molecular formula is C13H18N6O3. The van der Waals surface area contributed by atoms with Crippen LogP contribution in [-0.2, 0) is 20.1 Å². The van der Waals surface area contributed by atoms with Gasteiger partial charge in [-0.2, -0.15) is 10.2 Å². The monoisotopic (exact) mass is 306 g/mol. The van der Waals surface area contributed by atoms with Crippen LogP contribution in [0.25, 0.3) is 0 Å². The summed E-state index contributed by atoms with van der Waals surface area (Å²) in [5.41, 5.74) is 1.73. The van der Waals surface area contributed by atoms with Crippen LogP contribution in [0.4, 0.5) is 5.69 Å². The molecule has 0 saturated carbocycles. The third-order valence-electron chi connectivity index (χ3n) is 3.53. The number of hydrogen-bond donors (Lipinski definition) is 1. The summed E-state index contributed by atoms with van der Waals surface area (Å²) in [7, 11) is 1.51. The van der Waals surface area contributed by atoms with Crippen LogP contribution in [0.3, 0.4) is 0 Å². The van der Waals surface area contributed by atoms with Gasteiger partial charge in [-0.05, 0) is 20.8 Å². The molecule has 2 heterocycles. The average Bonchev–Trinajstić information content (AvgIpc) is 2.95. The first-order valence-electron chi connectivity index (χ1n) is 6.84. The lowest BCUT2D eigenvalue weighted by Crippen LogP contribution is -2.26. The summed E-state index contributed by atoms with van der Waals surface area (Å²) in [6.07, 6.45) is 1.68. The van der Waals surface area contributed by atoms with Gasteiger partial charge in [-0.25, -0.2) is 0 Å². The molecule has 118 valence electrons. The molecule has 0 unspecified atom stereocenters. The quantitative estimate of drug-likeness (QED) is 0.657. The van der Waals surface area contributed by atoms with Gasteiger partial charge in [0.05, 0.1) is 11.1 Å². The summed E-state index contributed by atoms with van der Waals surface area (Å²) >= 11 is 0. The molecule has 0 aliphatic rings. The van der Waals surface area contributed by atoms with Gasteiger partial charge in [0.2, 0.25) is 5.69 Å². The Balaban J connectivity index is 2.20. The van der Waals surface area contributed by atoms with Gasteiger partial charge in [0.1, 0.15) is 5.69 Å². The lowest BCUT2D eigenvalue weighted by Gasteiger charge is -2.05. The van der Waals surface area contributed by atoms with E-state index < -0.39 is 10.8 Å². The van der Waals surface area contributed by atoms with Gasteiger partial charge in [-0.1, -0.05) is 0 Å². The van der Waals surface area contributed by atoms with Gasteiger partial charge >= 0.3 is 5.69 Å². The van der Waals surface area contributed by atoms with Crippen molar-refractivity contribution in [3.63, 3.8) is 0 Å². The summed E-state index contributed by atoms with van der Waals surface area (Å²) in [6.45, 7) is 6.39. The number of hydrogen-bond acceptors (Lipinski definition) is 5. The predicted octanol–water partition coefficient (Wildman–Crippen LogP) is 1.09. The van der Waals surface area contributed by atoms with Gasteiger partial charge in [0.25, 0.3) is 5.91 Å². The van der Waals surface area contributed by atoms with E-state index in [1.807, 2.05) is 18.5 Å². The Morgan fingerprint density at radius 1 is 1.45 bits per heavy atom. The number of nitrogens with one attached hydrogen (secondary N) is 1. The minimum absolute atomic E-state index is 0.0527. The van der Waals surface area contributed by atoms with E-state index in [4.69, 9.17) is 0 Å². The Kier molecular flexibility index (Phi) is 4.25. The number of aryl methyl sites for hydroxylation is 3. The fourth-order valence-corrected chi connectivity index (χ4v) is 2.36. The highest BCUT2D eigenvalue weighted by atomic mass is 16.6. The third-order valence-corrected chi connectivity index (χ3v) is 3.53. The van der Waals surface area contributed by atoms with Crippen molar-refractivity contribution in [3.8, 4) is 0 Å². The number of aromatic nitrogens is 4. The van der Waals surface area contributed by atoms with Gasteiger partial charge in [-0.3, -0.25) is 24.3 Å². The molecular weight excluding hydrogens is 288 g/mol. The van der Waals surface area contributed by atoms with Gasteiger partial charge in [0, 0.05) is 31.4 Å². The number of carbonyl (C=O) groups is 1. The highest BCUT2D eigenvalue weighted by Gasteiger charge is 2.29. The van der Waals surface area contributed by atoms with E-state index in [-0.39, 0.29) is 23.6 Å². The SMILES string of the molecule is CCn1ncc(CNC(=O)c2c([N+](=O)[O-])c(C)nn2C)c1C. The Labute approximate surface area is 127 Å². The van der Waals surface area contributed by atoms with E-state index in [0.717, 1.165) is 17.8 Å². The second-order valence-corrected chi connectivity index (χ2v) is 4.92. The van der Waals surface area contributed by atoms with Crippen molar-refractivity contribution >= 4 is 11.6 Å². The first-order valence-corrected chi connectivity index (χ1v) is 6.84. The molecule has 22 heavy (non-hydrogen) atoms. The molecule has 0 aliphatic carbocycles. The van der Waals surface area contributed by atoms with Crippen molar-refractivity contribution in [2.24, 2.45) is 7.05 Å². The van der Waals surface area contributed by atoms with Crippen LogP contribution in [0.2, 0.25) is 0 Å². The van der Waals surface area contributed by atoms with Crippen LogP contribution in [0, 0.1) is 24.0 Å². The first kappa shape index (κ1) is 15.7. The zero-order valence-electron chi connectivity index (χ0n) is 13.0. The molecule has 0 aliphatic heterocycles. The van der Waals surface area contributed by atoms with Crippen LogP contribution in [0.15, 0.2) is 6.20 Å². The molecule has 2 aromatic rings. The highest BCUT2D eigenvalue weighted by molar-refractivity contribution is 5.96. The minimum Gasteiger partial charge on any atom is -0.346 e. The van der Waals surface area contributed by atoms with E-state index in [0.29, 0.717) is 0 Å². The Morgan fingerprint density at radius 3 is 2.68 bits per heavy atom. The molecule has 2 rings (SSSR count). The fraction of sp³-hybridized carbons (Fsp3) is 0.462. The summed E-state index contributed by atoms with van der Waals surface area (Å²) in [6, 6.07) is 0. The van der Waals surface area contributed by atoms with Gasteiger partial charge < -0.3 is 5.32 Å². The van der Waals surface area contributed by atoms with Gasteiger partial charge in [-0.15, -0.1) is 0 Å². The number of carbonyl (C=O) groups excluding carboxylic acids is 1. The molecule has 1 N–H and O–H groups in total. The normalized spacial score (nSPS) is 10.7. The van der Waals surface area contributed by atoms with Crippen molar-refractivity contribution in [1.29, 1.82) is 0 Å². The first-order chi connectivity index (χ1) is 10.4. The summed E-state index contributed by atoms with van der Waals surface area (Å²) in [5, 5.41) is 21.9. The molecule has 0 saturated heterocycles. The maximum atomic E-state index is 12.3. The number of nitrogens with zero attached hydrogens (tertiary/aromatic N) is 5. The lowest BCUT2D eigenvalue weighted by atomic mass is 10.2. The molecule has 0 spiro atoms. The van der Waals surface area contributed by atoms with E-state index >= 15 is 0 Å². The molecule has 9 nitrogen and oxygen atoms in total. The largest absolute Gasteiger partial charge is 0.346 e. The van der Waals surface area contributed by atoms with Crippen molar-refractivity contribution in [1.82, 2.24) is 24.9 Å². The van der Waals surface area contributed by atoms with Crippen LogP contribution in [0.5, 0.6) is 0 Å². The molecule has 0 atom stereocenters. The van der Waals surface area contributed by atoms with Crippen LogP contribution < -0.4 is 5.32 Å². The molecule has 9 heteroatoms. The van der Waals surface area contributed by atoms with Crippen molar-refractivity contribution < 1.29 is 9.72 Å². The maximum Gasteiger partial charge on any atom is 0.322 e. The Morgan fingerprint density at radius 2 is 2.14 bits per heavy atom. The van der Waals surface area contributed by atoms with E-state index in [2.05, 4.69) is 15.5 Å².